The van der Waals surface area contributed by atoms with Crippen LogP contribution in [-0.2, 0) is 4.74 Å². The molecule has 1 saturated heterocycles. The summed E-state index contributed by atoms with van der Waals surface area (Å²) in [4.78, 5) is 0. The summed E-state index contributed by atoms with van der Waals surface area (Å²) >= 11 is 0. The van der Waals surface area contributed by atoms with E-state index in [0.29, 0.717) is 23.9 Å². The van der Waals surface area contributed by atoms with Crippen molar-refractivity contribution < 1.29 is 4.74 Å². The van der Waals surface area contributed by atoms with Crippen molar-refractivity contribution in [2.45, 2.75) is 131 Å². The second kappa shape index (κ2) is 14.9. The maximum absolute atomic E-state index is 6.14. The molecule has 0 aromatic heterocycles. The molecule has 1 heteroatoms. The highest BCUT2D eigenvalue weighted by molar-refractivity contribution is 5.08. The SMILES string of the molecule is C=C(C)C(C)CCC(=C)C(C)CCC(C)=CCCC1OC1(C)CCC(C)C(=C)CCC=C(C)C. The lowest BCUT2D eigenvalue weighted by atomic mass is 9.88. The van der Waals surface area contributed by atoms with Crippen LogP contribution in [0, 0.1) is 17.8 Å². The Labute approximate surface area is 213 Å². The van der Waals surface area contributed by atoms with Crippen LogP contribution in [0.5, 0.6) is 0 Å². The predicted molar refractivity (Wildman–Crippen MR) is 153 cm³/mol. The zero-order valence-corrected chi connectivity index (χ0v) is 24.1. The Kier molecular flexibility index (Phi) is 13.5. The van der Waals surface area contributed by atoms with E-state index in [1.54, 1.807) is 0 Å². The van der Waals surface area contributed by atoms with Crippen molar-refractivity contribution in [2.24, 2.45) is 17.8 Å². The molecule has 0 spiro atoms. The fourth-order valence-corrected chi connectivity index (χ4v) is 4.50. The summed E-state index contributed by atoms with van der Waals surface area (Å²) in [6, 6.07) is 0. The highest BCUT2D eigenvalue weighted by Gasteiger charge is 2.50. The molecule has 1 fully saturated rings. The van der Waals surface area contributed by atoms with Gasteiger partial charge < -0.3 is 4.74 Å². The minimum Gasteiger partial charge on any atom is -0.366 e. The smallest absolute Gasteiger partial charge is 0.0920 e. The van der Waals surface area contributed by atoms with Gasteiger partial charge in [-0.05, 0) is 117 Å². The quantitative estimate of drug-likeness (QED) is 0.144. The van der Waals surface area contributed by atoms with Gasteiger partial charge in [0.2, 0.25) is 0 Å². The monoisotopic (exact) mass is 468 g/mol. The third kappa shape index (κ3) is 11.9. The molecule has 1 aliphatic heterocycles. The van der Waals surface area contributed by atoms with Gasteiger partial charge in [0, 0.05) is 0 Å². The zero-order valence-electron chi connectivity index (χ0n) is 24.1. The molecule has 34 heavy (non-hydrogen) atoms. The average Bonchev–Trinajstić information content (AvgIpc) is 3.42. The molecule has 0 bridgehead atoms. The van der Waals surface area contributed by atoms with Crippen LogP contribution < -0.4 is 0 Å². The van der Waals surface area contributed by atoms with Crippen molar-refractivity contribution in [1.29, 1.82) is 0 Å². The van der Waals surface area contributed by atoms with Gasteiger partial charge in [0.05, 0.1) is 11.7 Å². The van der Waals surface area contributed by atoms with Gasteiger partial charge in [0.1, 0.15) is 0 Å². The largest absolute Gasteiger partial charge is 0.366 e. The van der Waals surface area contributed by atoms with Gasteiger partial charge in [-0.25, -0.2) is 0 Å². The normalized spacial score (nSPS) is 22.6. The van der Waals surface area contributed by atoms with Crippen molar-refractivity contribution in [2.75, 3.05) is 0 Å². The molecule has 5 unspecified atom stereocenters. The summed E-state index contributed by atoms with van der Waals surface area (Å²) < 4.78 is 6.14. The van der Waals surface area contributed by atoms with Gasteiger partial charge in [-0.15, -0.1) is 0 Å². The second-order valence-electron chi connectivity index (χ2n) is 11.8. The minimum atomic E-state index is 0.0867. The first-order valence-corrected chi connectivity index (χ1v) is 13.8. The lowest BCUT2D eigenvalue weighted by Crippen LogP contribution is -2.12. The van der Waals surface area contributed by atoms with Gasteiger partial charge in [0.25, 0.3) is 0 Å². The Morgan fingerprint density at radius 2 is 1.38 bits per heavy atom. The summed E-state index contributed by atoms with van der Waals surface area (Å²) in [5.74, 6) is 1.76. The standard InChI is InChI=1S/C33H56O/c1-24(2)14-12-16-28(7)31(10)22-23-33(11)32(34-33)17-13-15-26(5)18-19-29(8)30(9)21-20-27(6)25(3)4/h14-15,27,29,31-32H,3,7,9,12-13,16-23H2,1-2,4-6,8,10-11H3. The fourth-order valence-electron chi connectivity index (χ4n) is 4.50. The Bertz CT molecular complexity index is 732. The van der Waals surface area contributed by atoms with Crippen LogP contribution in [0.25, 0.3) is 0 Å². The molecule has 1 aliphatic rings. The molecule has 5 atom stereocenters. The van der Waals surface area contributed by atoms with E-state index in [1.807, 2.05) is 0 Å². The van der Waals surface area contributed by atoms with Crippen LogP contribution in [0.4, 0.5) is 0 Å². The molecule has 0 aromatic rings. The van der Waals surface area contributed by atoms with Crippen LogP contribution in [0.3, 0.4) is 0 Å². The van der Waals surface area contributed by atoms with Gasteiger partial charge in [-0.2, -0.15) is 0 Å². The van der Waals surface area contributed by atoms with Gasteiger partial charge in [-0.3, -0.25) is 0 Å². The summed E-state index contributed by atoms with van der Waals surface area (Å²) in [7, 11) is 0. The van der Waals surface area contributed by atoms with Crippen molar-refractivity contribution in [3.8, 4) is 0 Å². The second-order valence-corrected chi connectivity index (χ2v) is 11.8. The molecule has 1 nitrogen and oxygen atoms in total. The molecule has 0 N–H and O–H groups in total. The van der Waals surface area contributed by atoms with Crippen LogP contribution in [0.15, 0.2) is 59.8 Å². The van der Waals surface area contributed by atoms with Crippen molar-refractivity contribution in [3.05, 3.63) is 59.8 Å². The summed E-state index contributed by atoms with van der Waals surface area (Å²) in [6.07, 6.45) is 16.7. The molecular formula is C33H56O. The first-order chi connectivity index (χ1) is 15.9. The van der Waals surface area contributed by atoms with E-state index in [1.165, 1.54) is 53.5 Å². The van der Waals surface area contributed by atoms with E-state index >= 15 is 0 Å². The Morgan fingerprint density at radius 1 is 0.794 bits per heavy atom. The maximum Gasteiger partial charge on any atom is 0.0920 e. The minimum absolute atomic E-state index is 0.0867. The molecule has 0 aromatic carbocycles. The Balaban J connectivity index is 2.26. The number of ether oxygens (including phenoxy) is 1. The summed E-state index contributed by atoms with van der Waals surface area (Å²) in [5.41, 5.74) is 7.07. The van der Waals surface area contributed by atoms with Crippen molar-refractivity contribution in [3.63, 3.8) is 0 Å². The van der Waals surface area contributed by atoms with Gasteiger partial charge in [-0.1, -0.05) is 80.5 Å². The van der Waals surface area contributed by atoms with Crippen LogP contribution in [0.2, 0.25) is 0 Å². The molecule has 194 valence electrons. The van der Waals surface area contributed by atoms with Gasteiger partial charge >= 0.3 is 0 Å². The molecule has 0 saturated carbocycles. The lowest BCUT2D eigenvalue weighted by molar-refractivity contribution is 0.283. The summed E-state index contributed by atoms with van der Waals surface area (Å²) in [5, 5.41) is 0. The van der Waals surface area contributed by atoms with Crippen LogP contribution in [0.1, 0.15) is 120 Å². The zero-order chi connectivity index (χ0) is 25.9. The molecule has 1 rings (SSSR count). The third-order valence-corrected chi connectivity index (χ3v) is 8.15. The summed E-state index contributed by atoms with van der Waals surface area (Å²) in [6.45, 7) is 30.8. The predicted octanol–water partition coefficient (Wildman–Crippen LogP) is 10.6. The number of hydrogen-bond donors (Lipinski definition) is 0. The fraction of sp³-hybridized carbons (Fsp3) is 0.697. The van der Waals surface area contributed by atoms with E-state index in [9.17, 15) is 0 Å². The molecular weight excluding hydrogens is 412 g/mol. The third-order valence-electron chi connectivity index (χ3n) is 8.15. The number of epoxide rings is 1. The number of rotatable bonds is 18. The van der Waals surface area contributed by atoms with E-state index in [0.717, 1.165) is 38.5 Å². The van der Waals surface area contributed by atoms with Crippen molar-refractivity contribution >= 4 is 0 Å². The number of allylic oxidation sites excluding steroid dienone is 7. The average molecular weight is 469 g/mol. The topological polar surface area (TPSA) is 12.5 Å². The van der Waals surface area contributed by atoms with E-state index in [-0.39, 0.29) is 5.60 Å². The number of hydrogen-bond acceptors (Lipinski definition) is 1. The Morgan fingerprint density at radius 3 is 2.00 bits per heavy atom. The van der Waals surface area contributed by atoms with Crippen LogP contribution in [-0.4, -0.2) is 11.7 Å². The molecule has 0 amide bonds. The van der Waals surface area contributed by atoms with E-state index in [2.05, 4.69) is 87.3 Å². The van der Waals surface area contributed by atoms with Crippen LogP contribution >= 0.6 is 0 Å². The molecule has 0 radical (unpaired) electrons. The maximum atomic E-state index is 6.14. The lowest BCUT2D eigenvalue weighted by Gasteiger charge is -2.17. The van der Waals surface area contributed by atoms with E-state index < -0.39 is 0 Å². The first-order valence-electron chi connectivity index (χ1n) is 13.8. The van der Waals surface area contributed by atoms with Gasteiger partial charge in [0.15, 0.2) is 0 Å². The highest BCUT2D eigenvalue weighted by Crippen LogP contribution is 2.44. The van der Waals surface area contributed by atoms with Crippen molar-refractivity contribution in [1.82, 2.24) is 0 Å². The van der Waals surface area contributed by atoms with E-state index in [4.69, 9.17) is 4.74 Å². The Hall–Kier alpha value is -1.34. The molecule has 0 aliphatic carbocycles. The first kappa shape index (κ1) is 30.7. The highest BCUT2D eigenvalue weighted by atomic mass is 16.6. The molecule has 1 heterocycles.